The molecular weight excluding hydrogens is 454 g/mol. The molecule has 1 saturated heterocycles. The third kappa shape index (κ3) is 5.31. The number of fused-ring (bicyclic) bond motifs is 2. The number of amides is 2. The van der Waals surface area contributed by atoms with Crippen molar-refractivity contribution in [2.75, 3.05) is 26.3 Å². The van der Waals surface area contributed by atoms with Crippen molar-refractivity contribution in [3.05, 3.63) is 29.8 Å². The van der Waals surface area contributed by atoms with Gasteiger partial charge in [0.15, 0.2) is 0 Å². The minimum atomic E-state index is -3.71. The Morgan fingerprint density at radius 3 is 2.41 bits per heavy atom. The van der Waals surface area contributed by atoms with E-state index >= 15 is 0 Å². The Bertz CT molecular complexity index is 1010. The van der Waals surface area contributed by atoms with Crippen LogP contribution in [0.15, 0.2) is 29.2 Å². The third-order valence-electron chi connectivity index (χ3n) is 7.74. The molecule has 9 heteroatoms. The number of hydrogen-bond acceptors (Lipinski definition) is 5. The molecule has 1 aromatic rings. The van der Waals surface area contributed by atoms with Crippen molar-refractivity contribution in [2.24, 2.45) is 23.7 Å². The Labute approximate surface area is 202 Å². The monoisotopic (exact) mass is 491 g/mol. The van der Waals surface area contributed by atoms with Gasteiger partial charge in [-0.05, 0) is 68.1 Å². The van der Waals surface area contributed by atoms with Gasteiger partial charge in [0.25, 0.3) is 5.91 Å². The summed E-state index contributed by atoms with van der Waals surface area (Å²) in [6, 6.07) is 5.37. The van der Waals surface area contributed by atoms with Crippen LogP contribution in [-0.2, 0) is 19.6 Å². The maximum Gasteiger partial charge on any atom is 0.251 e. The summed E-state index contributed by atoms with van der Waals surface area (Å²) in [4.78, 5) is 26.2. The van der Waals surface area contributed by atoms with Crippen LogP contribution in [0, 0.1) is 23.7 Å². The van der Waals surface area contributed by atoms with Gasteiger partial charge in [-0.25, -0.2) is 8.42 Å². The first-order chi connectivity index (χ1) is 16.2. The van der Waals surface area contributed by atoms with Crippen molar-refractivity contribution in [2.45, 2.75) is 63.4 Å². The number of nitrogens with zero attached hydrogens (tertiary/aromatic N) is 1. The Hall–Kier alpha value is -1.97. The molecule has 3 fully saturated rings. The van der Waals surface area contributed by atoms with Crippen LogP contribution in [0.3, 0.4) is 0 Å². The Morgan fingerprint density at radius 1 is 1.06 bits per heavy atom. The highest BCUT2D eigenvalue weighted by Gasteiger charge is 2.42. The molecule has 188 valence electrons. The van der Waals surface area contributed by atoms with Crippen molar-refractivity contribution in [1.82, 2.24) is 14.9 Å². The molecule has 0 aromatic heterocycles. The van der Waals surface area contributed by atoms with Gasteiger partial charge >= 0.3 is 0 Å². The summed E-state index contributed by atoms with van der Waals surface area (Å²) in [6.45, 7) is 7.14. The number of hydrogen-bond donors (Lipinski definition) is 2. The molecule has 34 heavy (non-hydrogen) atoms. The molecule has 0 spiro atoms. The van der Waals surface area contributed by atoms with E-state index in [1.54, 1.807) is 12.1 Å². The summed E-state index contributed by atoms with van der Waals surface area (Å²) in [5, 5.41) is 6.00. The van der Waals surface area contributed by atoms with Crippen LogP contribution in [0.2, 0.25) is 0 Å². The first-order valence-corrected chi connectivity index (χ1v) is 13.9. The van der Waals surface area contributed by atoms with Crippen molar-refractivity contribution in [1.29, 1.82) is 0 Å². The second-order valence-electron chi connectivity index (χ2n) is 10.4. The van der Waals surface area contributed by atoms with Gasteiger partial charge in [0.05, 0.1) is 18.1 Å². The smallest absolute Gasteiger partial charge is 0.251 e. The molecule has 8 nitrogen and oxygen atoms in total. The molecule has 2 amide bonds. The van der Waals surface area contributed by atoms with Gasteiger partial charge in [0.2, 0.25) is 15.9 Å². The molecule has 2 aliphatic carbocycles. The maximum atomic E-state index is 13.1. The molecule has 1 aromatic carbocycles. The lowest BCUT2D eigenvalue weighted by atomic mass is 9.84. The molecule has 5 atom stereocenters. The molecule has 4 rings (SSSR count). The Kier molecular flexibility index (Phi) is 7.64. The van der Waals surface area contributed by atoms with Crippen molar-refractivity contribution in [3.63, 3.8) is 0 Å². The van der Waals surface area contributed by atoms with E-state index in [1.807, 2.05) is 13.8 Å². The van der Waals surface area contributed by atoms with Crippen molar-refractivity contribution in [3.8, 4) is 0 Å². The van der Waals surface area contributed by atoms with E-state index in [4.69, 9.17) is 4.74 Å². The molecule has 2 N–H and O–H groups in total. The average Bonchev–Trinajstić information content (AvgIpc) is 3.46. The summed E-state index contributed by atoms with van der Waals surface area (Å²) in [5.41, 5.74) is 0.217. The Balaban J connectivity index is 1.42. The van der Waals surface area contributed by atoms with Crippen LogP contribution in [0.4, 0.5) is 0 Å². The number of benzene rings is 1. The standard InChI is InChI=1S/C25H37N3O5S/c1-16(2)23(25(30)26-17(3)22-14-18-7-8-19(22)13-18)27-24(29)20-5-4-6-21(15-20)34(31,32)28-9-11-33-12-10-28/h4-6,15-19,22-23H,7-14H2,1-3H3,(H,26,30)(H,27,29)/t17-,18+,19-,22+,23-/m1/s1. The van der Waals surface area contributed by atoms with Gasteiger partial charge in [0, 0.05) is 24.7 Å². The fraction of sp³-hybridized carbons (Fsp3) is 0.680. The average molecular weight is 492 g/mol. The topological polar surface area (TPSA) is 105 Å². The Morgan fingerprint density at radius 2 is 1.79 bits per heavy atom. The molecule has 1 heterocycles. The lowest BCUT2D eigenvalue weighted by molar-refractivity contribution is -0.125. The third-order valence-corrected chi connectivity index (χ3v) is 9.64. The van der Waals surface area contributed by atoms with Gasteiger partial charge in [-0.15, -0.1) is 0 Å². The largest absolute Gasteiger partial charge is 0.379 e. The fourth-order valence-corrected chi connectivity index (χ4v) is 7.28. The predicted octanol–water partition coefficient (Wildman–Crippen LogP) is 2.40. The highest BCUT2D eigenvalue weighted by molar-refractivity contribution is 7.89. The van der Waals surface area contributed by atoms with E-state index < -0.39 is 22.0 Å². The molecule has 1 aliphatic heterocycles. The second kappa shape index (κ2) is 10.3. The molecule has 2 bridgehead atoms. The van der Waals surface area contributed by atoms with Gasteiger partial charge in [-0.3, -0.25) is 9.59 Å². The summed E-state index contributed by atoms with van der Waals surface area (Å²) < 4.78 is 32.6. The lowest BCUT2D eigenvalue weighted by Crippen LogP contribution is -2.53. The minimum absolute atomic E-state index is 0.0671. The highest BCUT2D eigenvalue weighted by Crippen LogP contribution is 2.49. The van der Waals surface area contributed by atoms with Crippen molar-refractivity contribution < 1.29 is 22.7 Å². The lowest BCUT2D eigenvalue weighted by Gasteiger charge is -2.31. The molecule has 3 aliphatic rings. The molecule has 0 radical (unpaired) electrons. The summed E-state index contributed by atoms with van der Waals surface area (Å²) in [6.07, 6.45) is 5.02. The first kappa shape index (κ1) is 25.1. The number of carbonyl (C=O) groups is 2. The highest BCUT2D eigenvalue weighted by atomic mass is 32.2. The van der Waals surface area contributed by atoms with Crippen LogP contribution >= 0.6 is 0 Å². The zero-order chi connectivity index (χ0) is 24.5. The fourth-order valence-electron chi connectivity index (χ4n) is 5.82. The summed E-state index contributed by atoms with van der Waals surface area (Å²) in [5.74, 6) is 1.25. The number of morpholine rings is 1. The van der Waals surface area contributed by atoms with Crippen LogP contribution in [-0.4, -0.2) is 62.9 Å². The van der Waals surface area contributed by atoms with Crippen LogP contribution in [0.5, 0.6) is 0 Å². The quantitative estimate of drug-likeness (QED) is 0.581. The van der Waals surface area contributed by atoms with E-state index in [1.165, 1.54) is 42.1 Å². The zero-order valence-electron chi connectivity index (χ0n) is 20.3. The number of carbonyl (C=O) groups excluding carboxylic acids is 2. The maximum absolute atomic E-state index is 13.1. The molecule has 0 unspecified atom stereocenters. The van der Waals surface area contributed by atoms with Crippen LogP contribution in [0.1, 0.15) is 56.8 Å². The van der Waals surface area contributed by atoms with E-state index in [9.17, 15) is 18.0 Å². The number of ether oxygens (including phenoxy) is 1. The summed E-state index contributed by atoms with van der Waals surface area (Å²) >= 11 is 0. The van der Waals surface area contributed by atoms with E-state index in [0.717, 1.165) is 5.92 Å². The van der Waals surface area contributed by atoms with Gasteiger partial charge < -0.3 is 15.4 Å². The van der Waals surface area contributed by atoms with Gasteiger partial charge in [-0.1, -0.05) is 26.3 Å². The van der Waals surface area contributed by atoms with Gasteiger partial charge in [0.1, 0.15) is 6.04 Å². The van der Waals surface area contributed by atoms with Crippen LogP contribution in [0.25, 0.3) is 0 Å². The van der Waals surface area contributed by atoms with Crippen LogP contribution < -0.4 is 10.6 Å². The normalized spacial score (nSPS) is 26.9. The molecular formula is C25H37N3O5S. The van der Waals surface area contributed by atoms with Gasteiger partial charge in [-0.2, -0.15) is 4.31 Å². The van der Waals surface area contributed by atoms with E-state index in [2.05, 4.69) is 17.6 Å². The SMILES string of the molecule is CC(C)[C@@H](NC(=O)c1cccc(S(=O)(=O)N2CCOCC2)c1)C(=O)N[C@H](C)[C@@H]1C[C@H]2CC[C@@H]1C2. The predicted molar refractivity (Wildman–Crippen MR) is 129 cm³/mol. The summed E-state index contributed by atoms with van der Waals surface area (Å²) in [7, 11) is -3.71. The number of sulfonamides is 1. The van der Waals surface area contributed by atoms with E-state index in [0.29, 0.717) is 25.0 Å². The van der Waals surface area contributed by atoms with Crippen molar-refractivity contribution >= 4 is 21.8 Å². The van der Waals surface area contributed by atoms with E-state index in [-0.39, 0.29) is 41.4 Å². The molecule has 2 saturated carbocycles. The first-order valence-electron chi connectivity index (χ1n) is 12.5. The number of rotatable bonds is 8. The zero-order valence-corrected chi connectivity index (χ0v) is 21.1. The minimum Gasteiger partial charge on any atom is -0.379 e. The second-order valence-corrected chi connectivity index (χ2v) is 12.3. The number of nitrogens with one attached hydrogen (secondary N) is 2.